The Morgan fingerprint density at radius 1 is 1.24 bits per heavy atom. The summed E-state index contributed by atoms with van der Waals surface area (Å²) < 4.78 is 0. The molecular formula is C14H28N2O. The smallest absolute Gasteiger partial charge is 0.0662 e. The van der Waals surface area contributed by atoms with Gasteiger partial charge in [-0.3, -0.25) is 0 Å². The lowest BCUT2D eigenvalue weighted by atomic mass is 9.79. The zero-order chi connectivity index (χ0) is 12.1. The predicted octanol–water partition coefficient (Wildman–Crippen LogP) is 1.66. The molecule has 3 nitrogen and oxygen atoms in total. The number of rotatable bonds is 5. The van der Waals surface area contributed by atoms with E-state index in [1.165, 1.54) is 45.1 Å². The van der Waals surface area contributed by atoms with Crippen LogP contribution in [0.5, 0.6) is 0 Å². The van der Waals surface area contributed by atoms with Crippen LogP contribution in [-0.2, 0) is 0 Å². The van der Waals surface area contributed by atoms with Crippen molar-refractivity contribution >= 4 is 0 Å². The summed E-state index contributed by atoms with van der Waals surface area (Å²) in [5.41, 5.74) is 0. The summed E-state index contributed by atoms with van der Waals surface area (Å²) in [6, 6.07) is 1.35. The Balaban J connectivity index is 1.83. The van der Waals surface area contributed by atoms with Gasteiger partial charge in [0.1, 0.15) is 0 Å². The fourth-order valence-corrected chi connectivity index (χ4v) is 3.40. The van der Waals surface area contributed by atoms with Crippen LogP contribution in [0.15, 0.2) is 0 Å². The van der Waals surface area contributed by atoms with E-state index < -0.39 is 0 Å². The van der Waals surface area contributed by atoms with Crippen molar-refractivity contribution in [1.29, 1.82) is 0 Å². The van der Waals surface area contributed by atoms with Gasteiger partial charge in [-0.1, -0.05) is 19.8 Å². The Kier molecular flexibility index (Phi) is 5.26. The zero-order valence-electron chi connectivity index (χ0n) is 11.1. The molecule has 1 saturated heterocycles. The molecule has 2 fully saturated rings. The summed E-state index contributed by atoms with van der Waals surface area (Å²) in [7, 11) is 0. The van der Waals surface area contributed by atoms with E-state index in [1.54, 1.807) is 0 Å². The van der Waals surface area contributed by atoms with E-state index >= 15 is 0 Å². The van der Waals surface area contributed by atoms with Gasteiger partial charge in [0.25, 0.3) is 0 Å². The van der Waals surface area contributed by atoms with E-state index in [0.717, 1.165) is 24.9 Å². The summed E-state index contributed by atoms with van der Waals surface area (Å²) in [5.74, 6) is 0.787. The molecule has 1 aliphatic carbocycles. The topological polar surface area (TPSA) is 44.3 Å². The van der Waals surface area contributed by atoms with Gasteiger partial charge < -0.3 is 15.7 Å². The van der Waals surface area contributed by atoms with Gasteiger partial charge >= 0.3 is 0 Å². The molecule has 2 rings (SSSR count). The lowest BCUT2D eigenvalue weighted by Crippen LogP contribution is -2.48. The Labute approximate surface area is 105 Å². The zero-order valence-corrected chi connectivity index (χ0v) is 11.1. The van der Waals surface area contributed by atoms with Crippen LogP contribution in [-0.4, -0.2) is 36.4 Å². The molecule has 1 saturated carbocycles. The largest absolute Gasteiger partial charge is 0.392 e. The maximum absolute atomic E-state index is 9.66. The van der Waals surface area contributed by atoms with Crippen LogP contribution >= 0.6 is 0 Å². The second-order valence-electron chi connectivity index (χ2n) is 5.73. The van der Waals surface area contributed by atoms with Crippen LogP contribution < -0.4 is 10.6 Å². The quantitative estimate of drug-likeness (QED) is 0.685. The van der Waals surface area contributed by atoms with E-state index in [1.807, 2.05) is 6.92 Å². The summed E-state index contributed by atoms with van der Waals surface area (Å²) >= 11 is 0. The summed E-state index contributed by atoms with van der Waals surface area (Å²) in [6.45, 7) is 4.01. The highest BCUT2D eigenvalue weighted by atomic mass is 16.3. The number of hydrogen-bond donors (Lipinski definition) is 3. The minimum absolute atomic E-state index is 0.172. The molecule has 0 spiro atoms. The first kappa shape index (κ1) is 13.3. The molecule has 0 amide bonds. The molecule has 17 heavy (non-hydrogen) atoms. The molecule has 3 heteroatoms. The first-order valence-corrected chi connectivity index (χ1v) is 7.46. The SMILES string of the molecule is CCC(O)CNC1CCCCC1C1CCCN1. The van der Waals surface area contributed by atoms with E-state index in [0.29, 0.717) is 6.04 Å². The van der Waals surface area contributed by atoms with Crippen molar-refractivity contribution in [3.63, 3.8) is 0 Å². The van der Waals surface area contributed by atoms with Crippen molar-refractivity contribution in [2.24, 2.45) is 5.92 Å². The van der Waals surface area contributed by atoms with Gasteiger partial charge in [-0.05, 0) is 44.6 Å². The predicted molar refractivity (Wildman–Crippen MR) is 71.1 cm³/mol. The number of aliphatic hydroxyl groups excluding tert-OH is 1. The Hall–Kier alpha value is -0.120. The molecule has 0 aromatic rings. The second-order valence-corrected chi connectivity index (χ2v) is 5.73. The van der Waals surface area contributed by atoms with E-state index in [2.05, 4.69) is 10.6 Å². The first-order valence-electron chi connectivity index (χ1n) is 7.46. The minimum atomic E-state index is -0.172. The van der Waals surface area contributed by atoms with Crippen molar-refractivity contribution < 1.29 is 5.11 Å². The number of nitrogens with one attached hydrogen (secondary N) is 2. The van der Waals surface area contributed by atoms with Gasteiger partial charge in [-0.25, -0.2) is 0 Å². The minimum Gasteiger partial charge on any atom is -0.392 e. The summed E-state index contributed by atoms with van der Waals surface area (Å²) in [5, 5.41) is 16.9. The lowest BCUT2D eigenvalue weighted by Gasteiger charge is -2.36. The molecule has 4 unspecified atom stereocenters. The summed E-state index contributed by atoms with van der Waals surface area (Å²) in [6.07, 6.45) is 8.75. The Bertz CT molecular complexity index is 216. The molecule has 1 aliphatic heterocycles. The van der Waals surface area contributed by atoms with Gasteiger partial charge in [0.15, 0.2) is 0 Å². The van der Waals surface area contributed by atoms with Crippen molar-refractivity contribution in [2.45, 2.75) is 70.1 Å². The molecule has 0 aromatic heterocycles. The molecular weight excluding hydrogens is 212 g/mol. The van der Waals surface area contributed by atoms with Gasteiger partial charge in [-0.15, -0.1) is 0 Å². The van der Waals surface area contributed by atoms with Gasteiger partial charge in [-0.2, -0.15) is 0 Å². The van der Waals surface area contributed by atoms with Crippen molar-refractivity contribution in [3.05, 3.63) is 0 Å². The van der Waals surface area contributed by atoms with E-state index in [-0.39, 0.29) is 6.10 Å². The van der Waals surface area contributed by atoms with Crippen molar-refractivity contribution in [1.82, 2.24) is 10.6 Å². The van der Waals surface area contributed by atoms with Crippen LogP contribution in [0.4, 0.5) is 0 Å². The standard InChI is InChI=1S/C14H28N2O/c1-2-11(17)10-16-14-7-4-3-6-12(14)13-8-5-9-15-13/h11-17H,2-10H2,1H3. The number of hydrogen-bond acceptors (Lipinski definition) is 3. The van der Waals surface area contributed by atoms with Gasteiger partial charge in [0.05, 0.1) is 6.10 Å². The Morgan fingerprint density at radius 2 is 2.06 bits per heavy atom. The fourth-order valence-electron chi connectivity index (χ4n) is 3.40. The van der Waals surface area contributed by atoms with Gasteiger partial charge in [0, 0.05) is 18.6 Å². The lowest BCUT2D eigenvalue weighted by molar-refractivity contribution is 0.142. The van der Waals surface area contributed by atoms with E-state index in [4.69, 9.17) is 0 Å². The first-order chi connectivity index (χ1) is 8.31. The van der Waals surface area contributed by atoms with Crippen molar-refractivity contribution in [3.8, 4) is 0 Å². The fraction of sp³-hybridized carbons (Fsp3) is 1.00. The average Bonchev–Trinajstić information content (AvgIpc) is 2.90. The maximum atomic E-state index is 9.66. The number of aliphatic hydroxyl groups is 1. The third kappa shape index (κ3) is 3.67. The molecule has 4 atom stereocenters. The molecule has 2 aliphatic rings. The third-order valence-electron chi connectivity index (χ3n) is 4.52. The van der Waals surface area contributed by atoms with Gasteiger partial charge in [0.2, 0.25) is 0 Å². The highest BCUT2D eigenvalue weighted by molar-refractivity contribution is 4.91. The van der Waals surface area contributed by atoms with Crippen LogP contribution in [0.1, 0.15) is 51.9 Å². The molecule has 3 N–H and O–H groups in total. The monoisotopic (exact) mass is 240 g/mol. The van der Waals surface area contributed by atoms with Crippen LogP contribution in [0.3, 0.4) is 0 Å². The Morgan fingerprint density at radius 3 is 2.76 bits per heavy atom. The molecule has 0 radical (unpaired) electrons. The highest BCUT2D eigenvalue weighted by Crippen LogP contribution is 2.30. The van der Waals surface area contributed by atoms with Crippen LogP contribution in [0.2, 0.25) is 0 Å². The molecule has 1 heterocycles. The molecule has 0 aromatic carbocycles. The molecule has 100 valence electrons. The average molecular weight is 240 g/mol. The second kappa shape index (κ2) is 6.72. The maximum Gasteiger partial charge on any atom is 0.0662 e. The van der Waals surface area contributed by atoms with Crippen LogP contribution in [0.25, 0.3) is 0 Å². The van der Waals surface area contributed by atoms with E-state index in [9.17, 15) is 5.11 Å². The van der Waals surface area contributed by atoms with Crippen LogP contribution in [0, 0.1) is 5.92 Å². The third-order valence-corrected chi connectivity index (χ3v) is 4.52. The highest BCUT2D eigenvalue weighted by Gasteiger charge is 2.32. The summed E-state index contributed by atoms with van der Waals surface area (Å²) in [4.78, 5) is 0. The normalized spacial score (nSPS) is 36.0. The molecule has 0 bridgehead atoms. The van der Waals surface area contributed by atoms with Crippen molar-refractivity contribution in [2.75, 3.05) is 13.1 Å².